The van der Waals surface area contributed by atoms with Crippen LogP contribution < -0.4 is 10.6 Å². The van der Waals surface area contributed by atoms with E-state index in [1.165, 1.54) is 24.4 Å². The van der Waals surface area contributed by atoms with E-state index < -0.39 is 0 Å². The summed E-state index contributed by atoms with van der Waals surface area (Å²) in [6.07, 6.45) is 5.82. The van der Waals surface area contributed by atoms with Crippen molar-refractivity contribution in [1.82, 2.24) is 10.3 Å². The Bertz CT molecular complexity index is 986. The van der Waals surface area contributed by atoms with Crippen LogP contribution in [0.15, 0.2) is 79.1 Å². The molecule has 2 amide bonds. The molecule has 6 heteroatoms. The lowest BCUT2D eigenvalue weighted by Crippen LogP contribution is -2.20. The monoisotopic (exact) mass is 375 g/mol. The van der Waals surface area contributed by atoms with E-state index in [1.807, 2.05) is 0 Å². The molecule has 0 bridgehead atoms. The maximum atomic E-state index is 13.5. The molecule has 0 radical (unpaired) electrons. The van der Waals surface area contributed by atoms with Crippen molar-refractivity contribution >= 4 is 23.6 Å². The molecule has 0 spiro atoms. The first kappa shape index (κ1) is 19.0. The fraction of sp³-hybridized carbons (Fsp3) is 0.0455. The lowest BCUT2D eigenvalue weighted by Gasteiger charge is -2.07. The number of hydrogen-bond acceptors (Lipinski definition) is 3. The Morgan fingerprint density at radius 3 is 2.50 bits per heavy atom. The van der Waals surface area contributed by atoms with Gasteiger partial charge in [0, 0.05) is 36.3 Å². The van der Waals surface area contributed by atoms with E-state index in [4.69, 9.17) is 0 Å². The van der Waals surface area contributed by atoms with Gasteiger partial charge in [-0.1, -0.05) is 30.3 Å². The summed E-state index contributed by atoms with van der Waals surface area (Å²) >= 11 is 0. The number of rotatable bonds is 6. The van der Waals surface area contributed by atoms with Crippen LogP contribution in [0.3, 0.4) is 0 Å². The Morgan fingerprint density at radius 2 is 1.79 bits per heavy atom. The zero-order valence-corrected chi connectivity index (χ0v) is 14.9. The highest BCUT2D eigenvalue weighted by atomic mass is 19.1. The summed E-state index contributed by atoms with van der Waals surface area (Å²) in [7, 11) is 0. The van der Waals surface area contributed by atoms with E-state index in [0.29, 0.717) is 23.4 Å². The van der Waals surface area contributed by atoms with E-state index in [0.717, 1.165) is 5.56 Å². The molecule has 0 aliphatic carbocycles. The summed E-state index contributed by atoms with van der Waals surface area (Å²) in [5, 5.41) is 5.51. The van der Waals surface area contributed by atoms with Crippen LogP contribution in [-0.2, 0) is 11.3 Å². The van der Waals surface area contributed by atoms with Crippen LogP contribution in [0.4, 0.5) is 10.1 Å². The van der Waals surface area contributed by atoms with Crippen LogP contribution in [0.5, 0.6) is 0 Å². The molecule has 1 aromatic heterocycles. The van der Waals surface area contributed by atoms with Crippen LogP contribution in [0.25, 0.3) is 6.08 Å². The second-order valence-corrected chi connectivity index (χ2v) is 5.97. The Morgan fingerprint density at radius 1 is 1.00 bits per heavy atom. The van der Waals surface area contributed by atoms with Gasteiger partial charge in [0.25, 0.3) is 5.91 Å². The van der Waals surface area contributed by atoms with Gasteiger partial charge in [-0.25, -0.2) is 4.39 Å². The average molecular weight is 375 g/mol. The Balaban J connectivity index is 1.51. The highest BCUT2D eigenvalue weighted by Crippen LogP contribution is 2.11. The summed E-state index contributed by atoms with van der Waals surface area (Å²) in [4.78, 5) is 27.9. The zero-order valence-electron chi connectivity index (χ0n) is 14.9. The molecule has 0 saturated carbocycles. The third-order valence-electron chi connectivity index (χ3n) is 3.92. The Kier molecular flexibility index (Phi) is 6.25. The third kappa shape index (κ3) is 5.35. The first-order valence-corrected chi connectivity index (χ1v) is 8.62. The zero-order chi connectivity index (χ0) is 19.8. The van der Waals surface area contributed by atoms with Gasteiger partial charge in [0.2, 0.25) is 5.91 Å². The van der Waals surface area contributed by atoms with Gasteiger partial charge in [0.05, 0.1) is 5.56 Å². The smallest absolute Gasteiger partial charge is 0.257 e. The van der Waals surface area contributed by atoms with Gasteiger partial charge in [0.15, 0.2) is 0 Å². The highest BCUT2D eigenvalue weighted by Gasteiger charge is 2.06. The van der Waals surface area contributed by atoms with E-state index >= 15 is 0 Å². The number of halogens is 1. The van der Waals surface area contributed by atoms with Crippen LogP contribution in [0.2, 0.25) is 0 Å². The number of nitrogens with zero attached hydrogens (tertiary/aromatic N) is 1. The number of carbonyl (C=O) groups excluding carboxylic acids is 2. The number of nitrogens with one attached hydrogen (secondary N) is 2. The lowest BCUT2D eigenvalue weighted by atomic mass is 10.2. The van der Waals surface area contributed by atoms with Crippen LogP contribution in [0.1, 0.15) is 21.5 Å². The molecule has 2 N–H and O–H groups in total. The van der Waals surface area contributed by atoms with E-state index in [9.17, 15) is 14.0 Å². The Labute approximate surface area is 161 Å². The van der Waals surface area contributed by atoms with Gasteiger partial charge in [-0.2, -0.15) is 0 Å². The van der Waals surface area contributed by atoms with Crippen LogP contribution in [-0.4, -0.2) is 16.8 Å². The number of amides is 2. The van der Waals surface area contributed by atoms with Gasteiger partial charge >= 0.3 is 0 Å². The summed E-state index contributed by atoms with van der Waals surface area (Å²) < 4.78 is 13.5. The second kappa shape index (κ2) is 9.23. The molecule has 5 nitrogen and oxygen atoms in total. The van der Waals surface area contributed by atoms with E-state index in [2.05, 4.69) is 15.6 Å². The number of pyridine rings is 1. The summed E-state index contributed by atoms with van der Waals surface area (Å²) in [6, 6.07) is 16.7. The van der Waals surface area contributed by atoms with Crippen molar-refractivity contribution in [2.24, 2.45) is 0 Å². The van der Waals surface area contributed by atoms with Gasteiger partial charge < -0.3 is 10.6 Å². The predicted octanol–water partition coefficient (Wildman–Crippen LogP) is 3.80. The number of anilines is 1. The van der Waals surface area contributed by atoms with Gasteiger partial charge in [-0.15, -0.1) is 0 Å². The number of benzene rings is 2. The molecular formula is C22H18FN3O2. The molecule has 0 aliphatic heterocycles. The minimum Gasteiger partial charge on any atom is -0.348 e. The normalized spacial score (nSPS) is 10.6. The molecule has 0 aliphatic rings. The molecule has 0 saturated heterocycles. The predicted molar refractivity (Wildman–Crippen MR) is 106 cm³/mol. The summed E-state index contributed by atoms with van der Waals surface area (Å²) in [5.41, 5.74) is 2.34. The Hall–Kier alpha value is -3.80. The van der Waals surface area contributed by atoms with Crippen molar-refractivity contribution in [3.05, 3.63) is 102 Å². The number of aromatic nitrogens is 1. The largest absolute Gasteiger partial charge is 0.348 e. The molecule has 3 aromatic rings. The van der Waals surface area contributed by atoms with Crippen molar-refractivity contribution in [1.29, 1.82) is 0 Å². The van der Waals surface area contributed by atoms with Crippen molar-refractivity contribution in [3.8, 4) is 0 Å². The topological polar surface area (TPSA) is 71.1 Å². The third-order valence-corrected chi connectivity index (χ3v) is 3.92. The molecule has 0 unspecified atom stereocenters. The van der Waals surface area contributed by atoms with Gasteiger partial charge in [-0.3, -0.25) is 14.6 Å². The maximum absolute atomic E-state index is 13.5. The van der Waals surface area contributed by atoms with Crippen LogP contribution in [0, 0.1) is 5.82 Å². The van der Waals surface area contributed by atoms with E-state index in [1.54, 1.807) is 60.8 Å². The van der Waals surface area contributed by atoms with Crippen molar-refractivity contribution in [2.45, 2.75) is 6.54 Å². The molecule has 2 aromatic carbocycles. The fourth-order valence-electron chi connectivity index (χ4n) is 2.43. The van der Waals surface area contributed by atoms with Crippen molar-refractivity contribution < 1.29 is 14.0 Å². The average Bonchev–Trinajstić information content (AvgIpc) is 2.73. The molecule has 140 valence electrons. The molecule has 0 fully saturated rings. The second-order valence-electron chi connectivity index (χ2n) is 5.97. The molecule has 3 rings (SSSR count). The highest BCUT2D eigenvalue weighted by molar-refractivity contribution is 6.04. The van der Waals surface area contributed by atoms with Crippen LogP contribution >= 0.6 is 0 Å². The first-order chi connectivity index (χ1) is 13.6. The SMILES string of the molecule is O=C(/C=C/c1ccccc1F)NCc1ccc(NC(=O)c2cccnc2)cc1. The van der Waals surface area contributed by atoms with Gasteiger partial charge in [0.1, 0.15) is 5.82 Å². The maximum Gasteiger partial charge on any atom is 0.257 e. The quantitative estimate of drug-likeness (QED) is 0.644. The van der Waals surface area contributed by atoms with Crippen molar-refractivity contribution in [2.75, 3.05) is 5.32 Å². The fourth-order valence-corrected chi connectivity index (χ4v) is 2.43. The molecule has 28 heavy (non-hydrogen) atoms. The minimum atomic E-state index is -0.379. The summed E-state index contributed by atoms with van der Waals surface area (Å²) in [5.74, 6) is -0.944. The number of carbonyl (C=O) groups is 2. The molecule has 1 heterocycles. The van der Waals surface area contributed by atoms with Crippen molar-refractivity contribution in [3.63, 3.8) is 0 Å². The molecule has 0 atom stereocenters. The number of hydrogen-bond donors (Lipinski definition) is 2. The lowest BCUT2D eigenvalue weighted by molar-refractivity contribution is -0.116. The summed E-state index contributed by atoms with van der Waals surface area (Å²) in [6.45, 7) is 0.317. The standard InChI is InChI=1S/C22H18FN3O2/c23-20-6-2-1-4-17(20)9-12-21(27)25-14-16-7-10-19(11-8-16)26-22(28)18-5-3-13-24-15-18/h1-13,15H,14H2,(H,25,27)(H,26,28)/b12-9+. The molecular weight excluding hydrogens is 357 g/mol. The first-order valence-electron chi connectivity index (χ1n) is 8.62. The van der Waals surface area contributed by atoms with Gasteiger partial charge in [-0.05, 0) is 42.0 Å². The van der Waals surface area contributed by atoms with E-state index in [-0.39, 0.29) is 17.6 Å². The minimum absolute atomic E-state index is 0.243.